The number of rotatable bonds is 5. The highest BCUT2D eigenvalue weighted by molar-refractivity contribution is 6.10. The van der Waals surface area contributed by atoms with Crippen LogP contribution in [0.2, 0.25) is 0 Å². The molecule has 0 spiro atoms. The van der Waals surface area contributed by atoms with E-state index in [0.717, 1.165) is 0 Å². The number of aliphatic hydroxyl groups is 1. The number of amides is 1. The van der Waals surface area contributed by atoms with E-state index in [0.29, 0.717) is 47.1 Å². The molecule has 2 heterocycles. The van der Waals surface area contributed by atoms with Gasteiger partial charge in [-0.2, -0.15) is 0 Å². The molecule has 5 rings (SSSR count). The number of hydrogen-bond donors (Lipinski definition) is 1. The number of Topliss-reactive ketones (excluding diaryl/α,β-unsaturated/α-hetero) is 1. The highest BCUT2D eigenvalue weighted by atomic mass is 19.1. The van der Waals surface area contributed by atoms with Crippen molar-refractivity contribution in [2.45, 2.75) is 18.6 Å². The lowest BCUT2D eigenvalue weighted by Crippen LogP contribution is -2.41. The van der Waals surface area contributed by atoms with Gasteiger partial charge in [0.15, 0.2) is 22.9 Å². The fourth-order valence-corrected chi connectivity index (χ4v) is 4.18. The summed E-state index contributed by atoms with van der Waals surface area (Å²) in [5.41, 5.74) is -0.643. The number of benzene rings is 3. The highest BCUT2D eigenvalue weighted by Gasteiger charge is 2.50. The van der Waals surface area contributed by atoms with Crippen molar-refractivity contribution in [2.24, 2.45) is 0 Å². The van der Waals surface area contributed by atoms with E-state index < -0.39 is 29.5 Å². The molecule has 0 saturated heterocycles. The van der Waals surface area contributed by atoms with Gasteiger partial charge >= 0.3 is 0 Å². The van der Waals surface area contributed by atoms with Crippen LogP contribution in [0.1, 0.15) is 27.9 Å². The van der Waals surface area contributed by atoms with E-state index >= 15 is 0 Å². The quantitative estimate of drug-likeness (QED) is 0.623. The zero-order valence-electron chi connectivity index (χ0n) is 17.1. The van der Waals surface area contributed by atoms with Crippen molar-refractivity contribution in [2.75, 3.05) is 18.1 Å². The Morgan fingerprint density at radius 3 is 2.53 bits per heavy atom. The first kappa shape index (κ1) is 20.2. The van der Waals surface area contributed by atoms with Crippen molar-refractivity contribution in [1.82, 2.24) is 0 Å². The predicted molar refractivity (Wildman–Crippen MR) is 114 cm³/mol. The molecule has 2 aliphatic heterocycles. The number of carbonyl (C=O) groups excluding carboxylic acids is 2. The maximum atomic E-state index is 14.2. The number of para-hydroxylation sites is 1. The zero-order chi connectivity index (χ0) is 22.3. The standard InChI is InChI=1S/C25H20FNO5/c26-19-7-3-1-5-17(19)15-27-20-8-4-2-6-18(20)25(30,24(27)29)14-21(28)16-9-10-22-23(13-16)32-12-11-31-22/h1-10,13,30H,11-12,14-15H2. The number of nitrogens with zero attached hydrogens (tertiary/aromatic N) is 1. The Labute approximate surface area is 183 Å². The molecular weight excluding hydrogens is 413 g/mol. The van der Waals surface area contributed by atoms with Crippen molar-refractivity contribution in [3.8, 4) is 11.5 Å². The van der Waals surface area contributed by atoms with E-state index in [2.05, 4.69) is 0 Å². The first-order chi connectivity index (χ1) is 15.5. The number of fused-ring (bicyclic) bond motifs is 2. The normalized spacial score (nSPS) is 19.1. The van der Waals surface area contributed by atoms with Crippen LogP contribution in [0.4, 0.5) is 10.1 Å². The average Bonchev–Trinajstić information content (AvgIpc) is 3.02. The summed E-state index contributed by atoms with van der Waals surface area (Å²) in [7, 11) is 0. The van der Waals surface area contributed by atoms with Crippen molar-refractivity contribution >= 4 is 17.4 Å². The van der Waals surface area contributed by atoms with Gasteiger partial charge in [-0.1, -0.05) is 36.4 Å². The topological polar surface area (TPSA) is 76.1 Å². The highest BCUT2D eigenvalue weighted by Crippen LogP contribution is 2.44. The van der Waals surface area contributed by atoms with E-state index in [9.17, 15) is 19.1 Å². The van der Waals surface area contributed by atoms with Gasteiger partial charge in [0.1, 0.15) is 19.0 Å². The molecule has 0 fully saturated rings. The Balaban J connectivity index is 1.46. The minimum absolute atomic E-state index is 0.0525. The van der Waals surface area contributed by atoms with Crippen LogP contribution in [0.3, 0.4) is 0 Å². The number of ether oxygens (including phenoxy) is 2. The predicted octanol–water partition coefficient (Wildman–Crippen LogP) is 3.60. The van der Waals surface area contributed by atoms with Crippen molar-refractivity contribution < 1.29 is 28.6 Å². The van der Waals surface area contributed by atoms with Gasteiger partial charge in [-0.05, 0) is 30.3 Å². The maximum absolute atomic E-state index is 14.2. The van der Waals surface area contributed by atoms with Crippen molar-refractivity contribution in [1.29, 1.82) is 0 Å². The number of hydrogen-bond acceptors (Lipinski definition) is 5. The molecule has 3 aromatic carbocycles. The SMILES string of the molecule is O=C(CC1(O)C(=O)N(Cc2ccccc2F)c2ccccc21)c1ccc2c(c1)OCCO2. The summed E-state index contributed by atoms with van der Waals surface area (Å²) >= 11 is 0. The van der Waals surface area contributed by atoms with Gasteiger partial charge in [0.05, 0.1) is 18.7 Å². The Bertz CT molecular complexity index is 1230. The number of ketones is 1. The smallest absolute Gasteiger partial charge is 0.264 e. The summed E-state index contributed by atoms with van der Waals surface area (Å²) in [4.78, 5) is 27.8. The fourth-order valence-electron chi connectivity index (χ4n) is 4.18. The molecule has 0 aliphatic carbocycles. The zero-order valence-corrected chi connectivity index (χ0v) is 17.1. The van der Waals surface area contributed by atoms with Gasteiger partial charge in [-0.15, -0.1) is 0 Å². The second-order valence-corrected chi connectivity index (χ2v) is 7.82. The van der Waals surface area contributed by atoms with Gasteiger partial charge in [0.25, 0.3) is 5.91 Å². The van der Waals surface area contributed by atoms with E-state index in [1.165, 1.54) is 11.0 Å². The van der Waals surface area contributed by atoms with E-state index in [1.54, 1.807) is 60.7 Å². The molecule has 1 amide bonds. The minimum Gasteiger partial charge on any atom is -0.486 e. The lowest BCUT2D eigenvalue weighted by Gasteiger charge is -2.23. The summed E-state index contributed by atoms with van der Waals surface area (Å²) in [6.07, 6.45) is -0.448. The Morgan fingerprint density at radius 1 is 1.00 bits per heavy atom. The molecule has 7 heteroatoms. The van der Waals surface area contributed by atoms with Gasteiger partial charge in [0.2, 0.25) is 0 Å². The van der Waals surface area contributed by atoms with Crippen LogP contribution in [-0.4, -0.2) is 30.0 Å². The van der Waals surface area contributed by atoms with E-state index in [4.69, 9.17) is 9.47 Å². The van der Waals surface area contributed by atoms with Crippen LogP contribution in [-0.2, 0) is 16.9 Å². The molecule has 0 bridgehead atoms. The van der Waals surface area contributed by atoms with Crippen LogP contribution in [0, 0.1) is 5.82 Å². The molecular formula is C25H20FNO5. The minimum atomic E-state index is -2.05. The monoisotopic (exact) mass is 433 g/mol. The molecule has 2 aliphatic rings. The number of carbonyl (C=O) groups is 2. The molecule has 6 nitrogen and oxygen atoms in total. The van der Waals surface area contributed by atoms with E-state index in [-0.39, 0.29) is 6.54 Å². The summed E-state index contributed by atoms with van der Waals surface area (Å²) in [6, 6.07) is 17.7. The molecule has 3 aromatic rings. The summed E-state index contributed by atoms with van der Waals surface area (Å²) in [5.74, 6) is -0.521. The third kappa shape index (κ3) is 3.31. The van der Waals surface area contributed by atoms with Crippen LogP contribution in [0.25, 0.3) is 0 Å². The van der Waals surface area contributed by atoms with Gasteiger partial charge < -0.3 is 19.5 Å². The van der Waals surface area contributed by atoms with E-state index in [1.807, 2.05) is 0 Å². The first-order valence-corrected chi connectivity index (χ1v) is 10.3. The summed E-state index contributed by atoms with van der Waals surface area (Å²) in [6.45, 7) is 0.762. The Morgan fingerprint density at radius 2 is 1.72 bits per heavy atom. The second-order valence-electron chi connectivity index (χ2n) is 7.82. The Kier molecular flexibility index (Phi) is 4.90. The summed E-state index contributed by atoms with van der Waals surface area (Å²) < 4.78 is 25.2. The molecule has 1 N–H and O–H groups in total. The molecule has 1 unspecified atom stereocenters. The number of halogens is 1. The average molecular weight is 433 g/mol. The second kappa shape index (κ2) is 7.76. The molecule has 1 atom stereocenters. The summed E-state index contributed by atoms with van der Waals surface area (Å²) in [5, 5.41) is 11.4. The molecule has 32 heavy (non-hydrogen) atoms. The Hall–Kier alpha value is -3.71. The van der Waals surface area contributed by atoms with Gasteiger partial charge in [0, 0.05) is 16.7 Å². The maximum Gasteiger partial charge on any atom is 0.264 e. The van der Waals surface area contributed by atoms with Crippen LogP contribution in [0.15, 0.2) is 66.7 Å². The van der Waals surface area contributed by atoms with Gasteiger partial charge in [-0.25, -0.2) is 4.39 Å². The third-order valence-corrected chi connectivity index (χ3v) is 5.81. The fraction of sp³-hybridized carbons (Fsp3) is 0.200. The van der Waals surface area contributed by atoms with Crippen LogP contribution >= 0.6 is 0 Å². The van der Waals surface area contributed by atoms with Gasteiger partial charge in [-0.3, -0.25) is 9.59 Å². The molecule has 0 aromatic heterocycles. The van der Waals surface area contributed by atoms with Crippen LogP contribution < -0.4 is 14.4 Å². The largest absolute Gasteiger partial charge is 0.486 e. The first-order valence-electron chi connectivity index (χ1n) is 10.3. The van der Waals surface area contributed by atoms with Crippen molar-refractivity contribution in [3.63, 3.8) is 0 Å². The van der Waals surface area contributed by atoms with Crippen LogP contribution in [0.5, 0.6) is 11.5 Å². The lowest BCUT2D eigenvalue weighted by molar-refractivity contribution is -0.136. The molecule has 162 valence electrons. The third-order valence-electron chi connectivity index (χ3n) is 5.81. The van der Waals surface area contributed by atoms with Crippen molar-refractivity contribution in [3.05, 3.63) is 89.2 Å². The number of anilines is 1. The molecule has 0 radical (unpaired) electrons. The molecule has 0 saturated carbocycles. The lowest BCUT2D eigenvalue weighted by atomic mass is 9.88.